The van der Waals surface area contributed by atoms with Crippen molar-refractivity contribution in [2.75, 3.05) is 31.7 Å². The molecular weight excluding hydrogens is 466 g/mol. The van der Waals surface area contributed by atoms with Crippen molar-refractivity contribution in [1.82, 2.24) is 10.6 Å². The van der Waals surface area contributed by atoms with Crippen LogP contribution in [-0.4, -0.2) is 43.8 Å². The molecule has 4 nitrogen and oxygen atoms in total. The van der Waals surface area contributed by atoms with E-state index < -0.39 is 12.8 Å². The first-order valence-electron chi connectivity index (χ1n) is 7.74. The number of hydrogen-bond donors (Lipinski definition) is 2. The van der Waals surface area contributed by atoms with Crippen molar-refractivity contribution in [3.8, 4) is 5.75 Å². The number of hydrogen-bond acceptors (Lipinski definition) is 3. The molecule has 1 rings (SSSR count). The summed E-state index contributed by atoms with van der Waals surface area (Å²) in [5.41, 5.74) is 0.899. The fourth-order valence-electron chi connectivity index (χ4n) is 1.79. The molecule has 144 valence electrons. The third-order valence-corrected chi connectivity index (χ3v) is 3.60. The maximum absolute atomic E-state index is 12.1. The Bertz CT molecular complexity index is 498. The molecule has 0 aliphatic heterocycles. The third-order valence-electron chi connectivity index (χ3n) is 2.91. The Balaban J connectivity index is 0.00000576. The molecule has 0 saturated heterocycles. The largest absolute Gasteiger partial charge is 0.484 e. The minimum atomic E-state index is -4.33. The van der Waals surface area contributed by atoms with E-state index in [2.05, 4.69) is 26.6 Å². The molecule has 0 aliphatic carbocycles. The highest BCUT2D eigenvalue weighted by Crippen LogP contribution is 2.19. The molecule has 1 aromatic carbocycles. The Morgan fingerprint density at radius 1 is 1.20 bits per heavy atom. The van der Waals surface area contributed by atoms with E-state index in [1.54, 1.807) is 23.9 Å². The van der Waals surface area contributed by atoms with Crippen LogP contribution in [0.5, 0.6) is 5.75 Å². The van der Waals surface area contributed by atoms with Crippen LogP contribution in [0.4, 0.5) is 13.2 Å². The number of aliphatic imine (C=N–C) groups is 1. The Morgan fingerprint density at radius 2 is 1.88 bits per heavy atom. The molecular formula is C16H25F3IN3OS. The number of thioether (sulfide) groups is 1. The summed E-state index contributed by atoms with van der Waals surface area (Å²) in [7, 11) is 0. The van der Waals surface area contributed by atoms with Crippen LogP contribution in [0.15, 0.2) is 29.3 Å². The highest BCUT2D eigenvalue weighted by molar-refractivity contribution is 14.0. The molecule has 25 heavy (non-hydrogen) atoms. The zero-order valence-electron chi connectivity index (χ0n) is 14.4. The second-order valence-electron chi connectivity index (χ2n) is 5.02. The SMILES string of the molecule is CCNC(=NCc1ccc(OCC(F)(F)F)cc1)NCCCSC.I. The standard InChI is InChI=1S/C16H24F3N3OS.HI/c1-3-20-15(21-9-4-10-24-2)22-11-13-5-7-14(8-6-13)23-12-16(17,18)19;/h5-8H,3-4,9-12H2,1-2H3,(H2,20,21,22);1H. The molecule has 0 spiro atoms. The number of guanidine groups is 1. The van der Waals surface area contributed by atoms with E-state index in [4.69, 9.17) is 0 Å². The first-order chi connectivity index (χ1) is 11.4. The van der Waals surface area contributed by atoms with E-state index in [0.717, 1.165) is 36.8 Å². The summed E-state index contributed by atoms with van der Waals surface area (Å²) in [6.07, 6.45) is -1.20. The number of ether oxygens (including phenoxy) is 1. The average Bonchev–Trinajstić information content (AvgIpc) is 2.55. The molecule has 0 heterocycles. The van der Waals surface area contributed by atoms with E-state index in [0.29, 0.717) is 6.54 Å². The number of nitrogens with zero attached hydrogens (tertiary/aromatic N) is 1. The van der Waals surface area contributed by atoms with E-state index >= 15 is 0 Å². The normalized spacial score (nSPS) is 11.6. The molecule has 0 saturated carbocycles. The van der Waals surface area contributed by atoms with Gasteiger partial charge in [0.25, 0.3) is 0 Å². The van der Waals surface area contributed by atoms with Gasteiger partial charge in [0.05, 0.1) is 6.54 Å². The summed E-state index contributed by atoms with van der Waals surface area (Å²) in [5.74, 6) is 2.02. The van der Waals surface area contributed by atoms with Gasteiger partial charge in [-0.1, -0.05) is 12.1 Å². The van der Waals surface area contributed by atoms with Crippen LogP contribution in [0.3, 0.4) is 0 Å². The predicted octanol–water partition coefficient (Wildman–Crippen LogP) is 4.05. The number of halogens is 4. The highest BCUT2D eigenvalue weighted by Gasteiger charge is 2.28. The van der Waals surface area contributed by atoms with Crippen molar-refractivity contribution in [3.05, 3.63) is 29.8 Å². The van der Waals surface area contributed by atoms with Crippen LogP contribution in [-0.2, 0) is 6.54 Å². The monoisotopic (exact) mass is 491 g/mol. The zero-order chi connectivity index (χ0) is 17.8. The summed E-state index contributed by atoms with van der Waals surface area (Å²) >= 11 is 1.80. The van der Waals surface area contributed by atoms with Crippen LogP contribution < -0.4 is 15.4 Å². The van der Waals surface area contributed by atoms with Crippen molar-refractivity contribution in [2.45, 2.75) is 26.1 Å². The fourth-order valence-corrected chi connectivity index (χ4v) is 2.22. The summed E-state index contributed by atoms with van der Waals surface area (Å²) in [6.45, 7) is 2.76. The minimum absolute atomic E-state index is 0. The van der Waals surface area contributed by atoms with Gasteiger partial charge in [0, 0.05) is 13.1 Å². The number of alkyl halides is 3. The average molecular weight is 491 g/mol. The first kappa shape index (κ1) is 24.2. The summed E-state index contributed by atoms with van der Waals surface area (Å²) < 4.78 is 41.0. The van der Waals surface area contributed by atoms with Crippen LogP contribution in [0.2, 0.25) is 0 Å². The lowest BCUT2D eigenvalue weighted by molar-refractivity contribution is -0.153. The summed E-state index contributed by atoms with van der Waals surface area (Å²) in [6, 6.07) is 6.48. The summed E-state index contributed by atoms with van der Waals surface area (Å²) in [5, 5.41) is 6.41. The Morgan fingerprint density at radius 3 is 2.44 bits per heavy atom. The van der Waals surface area contributed by atoms with Crippen LogP contribution in [0.25, 0.3) is 0 Å². The van der Waals surface area contributed by atoms with Gasteiger partial charge in [-0.2, -0.15) is 24.9 Å². The van der Waals surface area contributed by atoms with Gasteiger partial charge >= 0.3 is 6.18 Å². The highest BCUT2D eigenvalue weighted by atomic mass is 127. The van der Waals surface area contributed by atoms with Gasteiger partial charge in [-0.3, -0.25) is 0 Å². The van der Waals surface area contributed by atoms with Crippen LogP contribution in [0, 0.1) is 0 Å². The van der Waals surface area contributed by atoms with Gasteiger partial charge in [0.2, 0.25) is 0 Å². The second-order valence-corrected chi connectivity index (χ2v) is 6.00. The molecule has 0 aromatic heterocycles. The molecule has 0 atom stereocenters. The van der Waals surface area contributed by atoms with Gasteiger partial charge < -0.3 is 15.4 Å². The maximum atomic E-state index is 12.1. The van der Waals surface area contributed by atoms with Gasteiger partial charge in [0.15, 0.2) is 12.6 Å². The van der Waals surface area contributed by atoms with E-state index in [-0.39, 0.29) is 29.7 Å². The Labute approximate surface area is 168 Å². The van der Waals surface area contributed by atoms with Crippen LogP contribution >= 0.6 is 35.7 Å². The Kier molecular flexibility index (Phi) is 12.9. The molecule has 0 bridgehead atoms. The lowest BCUT2D eigenvalue weighted by Crippen LogP contribution is -2.37. The van der Waals surface area contributed by atoms with E-state index in [1.165, 1.54) is 12.1 Å². The fraction of sp³-hybridized carbons (Fsp3) is 0.562. The van der Waals surface area contributed by atoms with Gasteiger partial charge in [-0.15, -0.1) is 24.0 Å². The van der Waals surface area contributed by atoms with Crippen molar-refractivity contribution in [2.24, 2.45) is 4.99 Å². The molecule has 1 aromatic rings. The number of benzene rings is 1. The van der Waals surface area contributed by atoms with Crippen molar-refractivity contribution in [3.63, 3.8) is 0 Å². The molecule has 9 heteroatoms. The number of rotatable bonds is 9. The quantitative estimate of drug-likeness (QED) is 0.237. The molecule has 0 amide bonds. The zero-order valence-corrected chi connectivity index (χ0v) is 17.5. The lowest BCUT2D eigenvalue weighted by atomic mass is 10.2. The number of nitrogens with one attached hydrogen (secondary N) is 2. The molecule has 2 N–H and O–H groups in total. The van der Waals surface area contributed by atoms with Crippen molar-refractivity contribution in [1.29, 1.82) is 0 Å². The van der Waals surface area contributed by atoms with Crippen LogP contribution in [0.1, 0.15) is 18.9 Å². The van der Waals surface area contributed by atoms with Gasteiger partial charge in [-0.05, 0) is 43.0 Å². The Hall–Kier alpha value is -0.840. The second kappa shape index (κ2) is 13.4. The topological polar surface area (TPSA) is 45.7 Å². The minimum Gasteiger partial charge on any atom is -0.484 e. The molecule has 0 fully saturated rings. The van der Waals surface area contributed by atoms with Crippen molar-refractivity contribution < 1.29 is 17.9 Å². The maximum Gasteiger partial charge on any atom is 0.422 e. The summed E-state index contributed by atoms with van der Waals surface area (Å²) in [4.78, 5) is 4.46. The smallest absolute Gasteiger partial charge is 0.422 e. The molecule has 0 aliphatic rings. The lowest BCUT2D eigenvalue weighted by Gasteiger charge is -2.11. The van der Waals surface area contributed by atoms with Crippen molar-refractivity contribution >= 4 is 41.7 Å². The van der Waals surface area contributed by atoms with E-state index in [9.17, 15) is 13.2 Å². The van der Waals surface area contributed by atoms with E-state index in [1.807, 2.05) is 6.92 Å². The third kappa shape index (κ3) is 12.2. The molecule has 0 radical (unpaired) electrons. The first-order valence-corrected chi connectivity index (χ1v) is 9.13. The van der Waals surface area contributed by atoms with Gasteiger partial charge in [0.1, 0.15) is 5.75 Å². The van der Waals surface area contributed by atoms with Gasteiger partial charge in [-0.25, -0.2) is 4.99 Å². The predicted molar refractivity (Wildman–Crippen MR) is 109 cm³/mol. The molecule has 0 unspecified atom stereocenters.